The molecule has 1 unspecified atom stereocenters. The second kappa shape index (κ2) is 11.3. The van der Waals surface area contributed by atoms with Gasteiger partial charge in [-0.1, -0.05) is 36.9 Å². The lowest BCUT2D eigenvalue weighted by molar-refractivity contribution is -0.137. The molecule has 2 amide bonds. The molecule has 39 heavy (non-hydrogen) atoms. The van der Waals surface area contributed by atoms with Crippen LogP contribution in [0.3, 0.4) is 0 Å². The molecular weight excluding hydrogens is 531 g/mol. The summed E-state index contributed by atoms with van der Waals surface area (Å²) in [5, 5.41) is 5.51. The molecule has 0 fully saturated rings. The first-order chi connectivity index (χ1) is 18.5. The Morgan fingerprint density at radius 3 is 2.31 bits per heavy atom. The lowest BCUT2D eigenvalue weighted by Crippen LogP contribution is -2.40. The number of para-hydroxylation sites is 1. The van der Waals surface area contributed by atoms with Gasteiger partial charge in [0.1, 0.15) is 0 Å². The lowest BCUT2D eigenvalue weighted by atomic mass is 9.98. The van der Waals surface area contributed by atoms with Crippen molar-refractivity contribution in [2.24, 2.45) is 0 Å². The lowest BCUT2D eigenvalue weighted by Gasteiger charge is -2.35. The van der Waals surface area contributed by atoms with E-state index in [1.807, 2.05) is 0 Å². The van der Waals surface area contributed by atoms with Crippen LogP contribution in [0.25, 0.3) is 0 Å². The van der Waals surface area contributed by atoms with Crippen LogP contribution in [-0.4, -0.2) is 33.3 Å². The molecule has 0 bridgehead atoms. The fraction of sp³-hybridized carbons (Fsp3) is 0.214. The average Bonchev–Trinajstić information content (AvgIpc) is 2.92. The maximum Gasteiger partial charge on any atom is 0.416 e. The number of anilines is 1. The van der Waals surface area contributed by atoms with E-state index in [0.717, 1.165) is 18.2 Å². The Morgan fingerprint density at radius 1 is 1.00 bits per heavy atom. The molecule has 0 aliphatic carbocycles. The van der Waals surface area contributed by atoms with E-state index in [0.29, 0.717) is 29.7 Å². The van der Waals surface area contributed by atoms with Crippen LogP contribution in [0.5, 0.6) is 0 Å². The van der Waals surface area contributed by atoms with Gasteiger partial charge in [0.15, 0.2) is 0 Å². The van der Waals surface area contributed by atoms with E-state index in [1.165, 1.54) is 40.7 Å². The highest BCUT2D eigenvalue weighted by Gasteiger charge is 2.33. The van der Waals surface area contributed by atoms with Gasteiger partial charge in [-0.15, -0.1) is 0 Å². The minimum absolute atomic E-state index is 0.00665. The standard InChI is InChI=1S/C28H26F3N3O4S/c1-2-26(35)33-24-16-18-34(25-6-4-3-5-23(24)25)39(37,38)22-13-9-20(10-14-22)27(36)32-17-15-19-7-11-21(12-8-19)28(29,30)31/h2-14,24H,1,15-18H2,(H,32,36)(H,33,35). The van der Waals surface area contributed by atoms with E-state index in [4.69, 9.17) is 0 Å². The van der Waals surface area contributed by atoms with Gasteiger partial charge in [0.05, 0.1) is 22.2 Å². The number of alkyl halides is 3. The van der Waals surface area contributed by atoms with Gasteiger partial charge in [-0.3, -0.25) is 13.9 Å². The number of hydrogen-bond donors (Lipinski definition) is 2. The van der Waals surface area contributed by atoms with Crippen LogP contribution in [0.2, 0.25) is 0 Å². The van der Waals surface area contributed by atoms with Gasteiger partial charge in [-0.25, -0.2) is 8.42 Å². The summed E-state index contributed by atoms with van der Waals surface area (Å²) < 4.78 is 66.3. The smallest absolute Gasteiger partial charge is 0.352 e. The molecule has 11 heteroatoms. The Bertz CT molecular complexity index is 1470. The zero-order valence-electron chi connectivity index (χ0n) is 20.7. The molecular formula is C28H26F3N3O4S. The minimum atomic E-state index is -4.41. The van der Waals surface area contributed by atoms with Crippen molar-refractivity contribution in [3.05, 3.63) is 108 Å². The van der Waals surface area contributed by atoms with Crippen LogP contribution in [0.1, 0.15) is 39.5 Å². The van der Waals surface area contributed by atoms with Crippen LogP contribution < -0.4 is 14.9 Å². The van der Waals surface area contributed by atoms with Crippen molar-refractivity contribution in [2.75, 3.05) is 17.4 Å². The van der Waals surface area contributed by atoms with E-state index in [-0.39, 0.29) is 35.5 Å². The summed E-state index contributed by atoms with van der Waals surface area (Å²) in [6, 6.07) is 16.8. The zero-order valence-corrected chi connectivity index (χ0v) is 21.6. The Balaban J connectivity index is 1.41. The van der Waals surface area contributed by atoms with Crippen LogP contribution in [-0.2, 0) is 27.4 Å². The fourth-order valence-corrected chi connectivity index (χ4v) is 5.86. The number of nitrogens with one attached hydrogen (secondary N) is 2. The maximum atomic E-state index is 13.5. The molecule has 1 aliphatic rings. The molecule has 7 nitrogen and oxygen atoms in total. The van der Waals surface area contributed by atoms with Crippen molar-refractivity contribution < 1.29 is 31.2 Å². The average molecular weight is 558 g/mol. The summed E-state index contributed by atoms with van der Waals surface area (Å²) in [7, 11) is -3.95. The van der Waals surface area contributed by atoms with Gasteiger partial charge in [0.25, 0.3) is 15.9 Å². The molecule has 204 valence electrons. The maximum absolute atomic E-state index is 13.5. The zero-order chi connectivity index (χ0) is 28.2. The summed E-state index contributed by atoms with van der Waals surface area (Å²) in [5.74, 6) is -0.783. The van der Waals surface area contributed by atoms with Gasteiger partial charge in [0, 0.05) is 18.7 Å². The van der Waals surface area contributed by atoms with E-state index in [2.05, 4.69) is 17.2 Å². The fourth-order valence-electron chi connectivity index (χ4n) is 4.35. The first-order valence-electron chi connectivity index (χ1n) is 12.1. The molecule has 0 spiro atoms. The number of sulfonamides is 1. The Kier molecular flexibility index (Phi) is 8.10. The van der Waals surface area contributed by atoms with E-state index in [1.54, 1.807) is 24.3 Å². The molecule has 0 aromatic heterocycles. The number of carbonyl (C=O) groups excluding carboxylic acids is 2. The van der Waals surface area contributed by atoms with Crippen LogP contribution in [0.4, 0.5) is 18.9 Å². The van der Waals surface area contributed by atoms with Gasteiger partial charge < -0.3 is 10.6 Å². The van der Waals surface area contributed by atoms with Crippen molar-refractivity contribution in [1.82, 2.24) is 10.6 Å². The number of benzene rings is 3. The quantitative estimate of drug-likeness (QED) is 0.395. The number of fused-ring (bicyclic) bond motifs is 1. The number of halogens is 3. The van der Waals surface area contributed by atoms with Crippen molar-refractivity contribution in [2.45, 2.75) is 30.0 Å². The van der Waals surface area contributed by atoms with Crippen LogP contribution in [0, 0.1) is 0 Å². The summed E-state index contributed by atoms with van der Waals surface area (Å²) in [4.78, 5) is 24.4. The highest BCUT2D eigenvalue weighted by atomic mass is 32.2. The normalized spacial score (nSPS) is 15.3. The molecule has 3 aromatic carbocycles. The number of carbonyl (C=O) groups is 2. The molecule has 0 saturated carbocycles. The highest BCUT2D eigenvalue weighted by molar-refractivity contribution is 7.92. The predicted octanol–water partition coefficient (Wildman–Crippen LogP) is 4.62. The summed E-state index contributed by atoms with van der Waals surface area (Å²) in [6.07, 6.45) is -2.54. The Labute approximate surface area is 224 Å². The molecule has 1 heterocycles. The Hall–Kier alpha value is -4.12. The van der Waals surface area contributed by atoms with Crippen molar-refractivity contribution in [3.8, 4) is 0 Å². The number of rotatable bonds is 8. The van der Waals surface area contributed by atoms with Crippen molar-refractivity contribution in [1.29, 1.82) is 0 Å². The van der Waals surface area contributed by atoms with Gasteiger partial charge in [0.2, 0.25) is 5.91 Å². The third-order valence-corrected chi connectivity index (χ3v) is 8.22. The van der Waals surface area contributed by atoms with E-state index < -0.39 is 27.7 Å². The molecule has 1 aliphatic heterocycles. The summed E-state index contributed by atoms with van der Waals surface area (Å²) in [6.45, 7) is 3.79. The molecule has 0 saturated heterocycles. The van der Waals surface area contributed by atoms with Crippen LogP contribution in [0.15, 0.2) is 90.3 Å². The molecule has 2 N–H and O–H groups in total. The minimum Gasteiger partial charge on any atom is -0.352 e. The van der Waals surface area contributed by atoms with Crippen molar-refractivity contribution in [3.63, 3.8) is 0 Å². The number of nitrogens with zero attached hydrogens (tertiary/aromatic N) is 1. The largest absolute Gasteiger partial charge is 0.416 e. The summed E-state index contributed by atoms with van der Waals surface area (Å²) in [5.41, 5.74) is 1.28. The SMILES string of the molecule is C=CC(=O)NC1CCN(S(=O)(=O)c2ccc(C(=O)NCCc3ccc(C(F)(F)F)cc3)cc2)c2ccccc21. The number of amides is 2. The second-order valence-corrected chi connectivity index (χ2v) is 10.8. The molecule has 4 rings (SSSR count). The monoisotopic (exact) mass is 557 g/mol. The third kappa shape index (κ3) is 6.31. The highest BCUT2D eigenvalue weighted by Crippen LogP contribution is 2.37. The van der Waals surface area contributed by atoms with Crippen LogP contribution >= 0.6 is 0 Å². The molecule has 1 atom stereocenters. The predicted molar refractivity (Wildman–Crippen MR) is 141 cm³/mol. The Morgan fingerprint density at radius 2 is 1.67 bits per heavy atom. The first-order valence-corrected chi connectivity index (χ1v) is 13.5. The first kappa shape index (κ1) is 27.9. The molecule has 0 radical (unpaired) electrons. The van der Waals surface area contributed by atoms with Gasteiger partial charge in [-0.05, 0) is 72.5 Å². The third-order valence-electron chi connectivity index (χ3n) is 6.39. The van der Waals surface area contributed by atoms with Gasteiger partial charge >= 0.3 is 6.18 Å². The molecule has 3 aromatic rings. The summed E-state index contributed by atoms with van der Waals surface area (Å²) >= 11 is 0. The van der Waals surface area contributed by atoms with Crippen molar-refractivity contribution >= 4 is 27.5 Å². The topological polar surface area (TPSA) is 95.6 Å². The van der Waals surface area contributed by atoms with Gasteiger partial charge in [-0.2, -0.15) is 13.2 Å². The van der Waals surface area contributed by atoms with E-state index >= 15 is 0 Å². The van der Waals surface area contributed by atoms with E-state index in [9.17, 15) is 31.2 Å². The second-order valence-electron chi connectivity index (χ2n) is 8.91. The number of hydrogen-bond acceptors (Lipinski definition) is 4.